The molecule has 0 amide bonds. The number of benzene rings is 2. The average molecular weight is 380 g/mol. The van der Waals surface area contributed by atoms with E-state index in [1.165, 1.54) is 17.3 Å². The van der Waals surface area contributed by atoms with Gasteiger partial charge < -0.3 is 4.57 Å². The summed E-state index contributed by atoms with van der Waals surface area (Å²) in [5, 5.41) is 9.36. The molecule has 1 aromatic heterocycles. The highest BCUT2D eigenvalue weighted by molar-refractivity contribution is 7.99. The predicted molar refractivity (Wildman–Crippen MR) is 111 cm³/mol. The fraction of sp³-hybridized carbons (Fsp3) is 0.318. The zero-order valence-electron chi connectivity index (χ0n) is 16.5. The van der Waals surface area contributed by atoms with Crippen LogP contribution in [0.2, 0.25) is 0 Å². The van der Waals surface area contributed by atoms with Crippen molar-refractivity contribution in [2.24, 2.45) is 7.05 Å². The van der Waals surface area contributed by atoms with Crippen LogP contribution in [0.4, 0.5) is 0 Å². The molecular formula is C22H25N3OS. The van der Waals surface area contributed by atoms with Crippen molar-refractivity contribution in [3.63, 3.8) is 0 Å². The molecule has 4 nitrogen and oxygen atoms in total. The molecule has 0 fully saturated rings. The molecule has 0 N–H and O–H groups in total. The van der Waals surface area contributed by atoms with Crippen LogP contribution in [-0.2, 0) is 13.5 Å². The standard InChI is InChI=1S/C22H25N3OS/c1-14-11-15(2)17(4)21(16(14)3)19(26)13-27-22-24-23-20(25(22)5)12-18-9-7-6-8-10-18/h6-11H,12-13H2,1-5H3. The molecule has 2 aromatic carbocycles. The highest BCUT2D eigenvalue weighted by Crippen LogP contribution is 2.25. The molecule has 27 heavy (non-hydrogen) atoms. The van der Waals surface area contributed by atoms with E-state index >= 15 is 0 Å². The lowest BCUT2D eigenvalue weighted by Crippen LogP contribution is -2.10. The van der Waals surface area contributed by atoms with Crippen molar-refractivity contribution in [1.29, 1.82) is 0 Å². The van der Waals surface area contributed by atoms with Gasteiger partial charge in [0.05, 0.1) is 5.75 Å². The van der Waals surface area contributed by atoms with Crippen LogP contribution in [0.1, 0.15) is 44.0 Å². The predicted octanol–water partition coefficient (Wildman–Crippen LogP) is 4.61. The molecule has 0 spiro atoms. The number of aromatic nitrogens is 3. The van der Waals surface area contributed by atoms with Crippen molar-refractivity contribution in [3.8, 4) is 0 Å². The maximum atomic E-state index is 12.9. The second-order valence-corrected chi connectivity index (χ2v) is 7.91. The minimum atomic E-state index is 0.148. The van der Waals surface area contributed by atoms with E-state index < -0.39 is 0 Å². The van der Waals surface area contributed by atoms with Crippen LogP contribution in [0.5, 0.6) is 0 Å². The van der Waals surface area contributed by atoms with Gasteiger partial charge in [-0.1, -0.05) is 48.2 Å². The summed E-state index contributed by atoms with van der Waals surface area (Å²) in [6.45, 7) is 8.17. The van der Waals surface area contributed by atoms with Gasteiger partial charge in [0, 0.05) is 19.0 Å². The highest BCUT2D eigenvalue weighted by Gasteiger charge is 2.18. The van der Waals surface area contributed by atoms with Gasteiger partial charge in [-0.05, 0) is 55.5 Å². The zero-order chi connectivity index (χ0) is 19.6. The van der Waals surface area contributed by atoms with Gasteiger partial charge in [0.25, 0.3) is 0 Å². The van der Waals surface area contributed by atoms with Gasteiger partial charge in [-0.15, -0.1) is 10.2 Å². The molecule has 0 unspecified atom stereocenters. The summed E-state index contributed by atoms with van der Waals surface area (Å²) in [4.78, 5) is 12.9. The summed E-state index contributed by atoms with van der Waals surface area (Å²) in [6, 6.07) is 12.4. The Bertz CT molecular complexity index is 951. The van der Waals surface area contributed by atoms with Crippen LogP contribution >= 0.6 is 11.8 Å². The van der Waals surface area contributed by atoms with Crippen LogP contribution in [0, 0.1) is 27.7 Å². The lowest BCUT2D eigenvalue weighted by atomic mass is 9.92. The summed E-state index contributed by atoms with van der Waals surface area (Å²) in [5.41, 5.74) is 6.53. The number of nitrogens with zero attached hydrogens (tertiary/aromatic N) is 3. The van der Waals surface area contributed by atoms with Crippen LogP contribution < -0.4 is 0 Å². The summed E-state index contributed by atoms with van der Waals surface area (Å²) in [6.07, 6.45) is 0.730. The number of hydrogen-bond donors (Lipinski definition) is 0. The Morgan fingerprint density at radius 2 is 1.63 bits per heavy atom. The molecule has 0 bridgehead atoms. The van der Waals surface area contributed by atoms with Crippen molar-refractivity contribution in [3.05, 3.63) is 75.6 Å². The Morgan fingerprint density at radius 3 is 2.26 bits per heavy atom. The number of thioether (sulfide) groups is 1. The molecule has 0 saturated heterocycles. The Balaban J connectivity index is 1.74. The largest absolute Gasteiger partial charge is 0.309 e. The van der Waals surface area contributed by atoms with Crippen LogP contribution in [0.25, 0.3) is 0 Å². The van der Waals surface area contributed by atoms with Gasteiger partial charge in [0.2, 0.25) is 0 Å². The first-order valence-corrected chi connectivity index (χ1v) is 10.0. The fourth-order valence-corrected chi connectivity index (χ4v) is 4.04. The molecule has 0 radical (unpaired) electrons. The summed E-state index contributed by atoms with van der Waals surface area (Å²) in [5.74, 6) is 1.41. The molecule has 1 heterocycles. The van der Waals surface area contributed by atoms with Crippen molar-refractivity contribution < 1.29 is 4.79 Å². The molecule has 140 valence electrons. The quantitative estimate of drug-likeness (QED) is 0.463. The molecule has 0 aliphatic heterocycles. The van der Waals surface area contributed by atoms with Crippen molar-refractivity contribution in [1.82, 2.24) is 14.8 Å². The summed E-state index contributed by atoms with van der Waals surface area (Å²) >= 11 is 1.45. The maximum absolute atomic E-state index is 12.9. The van der Waals surface area contributed by atoms with E-state index in [2.05, 4.69) is 42.2 Å². The molecule has 3 rings (SSSR count). The summed E-state index contributed by atoms with van der Waals surface area (Å²) < 4.78 is 1.98. The van der Waals surface area contributed by atoms with E-state index in [4.69, 9.17) is 0 Å². The van der Waals surface area contributed by atoms with E-state index in [0.29, 0.717) is 5.75 Å². The maximum Gasteiger partial charge on any atom is 0.191 e. The second kappa shape index (κ2) is 8.09. The number of aryl methyl sites for hydroxylation is 2. The Kier molecular flexibility index (Phi) is 5.80. The number of ketones is 1. The lowest BCUT2D eigenvalue weighted by molar-refractivity contribution is 0.102. The van der Waals surface area contributed by atoms with Crippen LogP contribution in [0.3, 0.4) is 0 Å². The number of carbonyl (C=O) groups excluding carboxylic acids is 1. The molecule has 0 aliphatic carbocycles. The monoisotopic (exact) mass is 379 g/mol. The molecular weight excluding hydrogens is 354 g/mol. The van der Waals surface area contributed by atoms with Crippen molar-refractivity contribution >= 4 is 17.5 Å². The van der Waals surface area contributed by atoms with Gasteiger partial charge >= 0.3 is 0 Å². The zero-order valence-corrected chi connectivity index (χ0v) is 17.4. The minimum absolute atomic E-state index is 0.148. The lowest BCUT2D eigenvalue weighted by Gasteiger charge is -2.14. The topological polar surface area (TPSA) is 47.8 Å². The van der Waals surface area contributed by atoms with Gasteiger partial charge in [-0.3, -0.25) is 4.79 Å². The smallest absolute Gasteiger partial charge is 0.191 e. The number of rotatable bonds is 6. The molecule has 0 saturated carbocycles. The van der Waals surface area contributed by atoms with Crippen molar-refractivity contribution in [2.75, 3.05) is 5.75 Å². The second-order valence-electron chi connectivity index (χ2n) is 6.97. The third kappa shape index (κ3) is 4.14. The van der Waals surface area contributed by atoms with Crippen molar-refractivity contribution in [2.45, 2.75) is 39.3 Å². The SMILES string of the molecule is Cc1cc(C)c(C)c(C(=O)CSc2nnc(Cc3ccccc3)n2C)c1C. The van der Waals surface area contributed by atoms with E-state index in [0.717, 1.165) is 45.2 Å². The van der Waals surface area contributed by atoms with Crippen LogP contribution in [0.15, 0.2) is 41.6 Å². The number of Topliss-reactive ketones (excluding diaryl/α,β-unsaturated/α-hetero) is 1. The third-order valence-electron chi connectivity index (χ3n) is 5.11. The van der Waals surface area contributed by atoms with E-state index in [-0.39, 0.29) is 5.78 Å². The normalized spacial score (nSPS) is 11.0. The minimum Gasteiger partial charge on any atom is -0.309 e. The first-order valence-electron chi connectivity index (χ1n) is 9.04. The molecule has 3 aromatic rings. The molecule has 0 aliphatic rings. The Morgan fingerprint density at radius 1 is 1.00 bits per heavy atom. The van der Waals surface area contributed by atoms with Gasteiger partial charge in [-0.25, -0.2) is 0 Å². The summed E-state index contributed by atoms with van der Waals surface area (Å²) in [7, 11) is 1.96. The van der Waals surface area contributed by atoms with Gasteiger partial charge in [0.15, 0.2) is 10.9 Å². The Hall–Kier alpha value is -2.40. The van der Waals surface area contributed by atoms with Gasteiger partial charge in [0.1, 0.15) is 5.82 Å². The number of carbonyl (C=O) groups is 1. The average Bonchev–Trinajstić information content (AvgIpc) is 2.99. The number of hydrogen-bond acceptors (Lipinski definition) is 4. The molecule has 5 heteroatoms. The van der Waals surface area contributed by atoms with Crippen LogP contribution in [-0.4, -0.2) is 26.3 Å². The van der Waals surface area contributed by atoms with E-state index in [1.807, 2.05) is 43.7 Å². The van der Waals surface area contributed by atoms with E-state index in [1.54, 1.807) is 0 Å². The third-order valence-corrected chi connectivity index (χ3v) is 6.13. The highest BCUT2D eigenvalue weighted by atomic mass is 32.2. The first-order chi connectivity index (χ1) is 12.9. The van der Waals surface area contributed by atoms with Gasteiger partial charge in [-0.2, -0.15) is 0 Å². The fourth-order valence-electron chi connectivity index (χ4n) is 3.24. The molecule has 0 atom stereocenters. The Labute approximate surface area is 165 Å². The van der Waals surface area contributed by atoms with E-state index in [9.17, 15) is 4.79 Å². The first kappa shape index (κ1) is 19.4.